The fourth-order valence-electron chi connectivity index (χ4n) is 3.89. The van der Waals surface area contributed by atoms with Crippen molar-refractivity contribution < 1.29 is 9.53 Å². The largest absolute Gasteiger partial charge is 0.469 e. The molecule has 1 saturated carbocycles. The van der Waals surface area contributed by atoms with Crippen LogP contribution >= 0.6 is 39.3 Å². The number of methoxy groups -OCH3 is 1. The minimum Gasteiger partial charge on any atom is -0.469 e. The lowest BCUT2D eigenvalue weighted by Crippen LogP contribution is -2.09. The van der Waals surface area contributed by atoms with Gasteiger partial charge in [0.15, 0.2) is 11.0 Å². The number of hydrogen-bond acceptors (Lipinski definition) is 6. The fraction of sp³-hybridized carbons (Fsp3) is 0.333. The van der Waals surface area contributed by atoms with Crippen molar-refractivity contribution in [3.8, 4) is 5.69 Å². The monoisotopic (exact) mass is 544 g/mol. The van der Waals surface area contributed by atoms with E-state index in [1.807, 2.05) is 30.3 Å². The second-order valence-electron chi connectivity index (χ2n) is 8.18. The van der Waals surface area contributed by atoms with Crippen LogP contribution in [-0.2, 0) is 9.53 Å². The summed E-state index contributed by atoms with van der Waals surface area (Å²) in [6, 6.07) is 13.4. The third-order valence-electron chi connectivity index (χ3n) is 5.82. The van der Waals surface area contributed by atoms with Gasteiger partial charge in [0.25, 0.3) is 0 Å². The van der Waals surface area contributed by atoms with Gasteiger partial charge >= 0.3 is 5.97 Å². The quantitative estimate of drug-likeness (QED) is 0.268. The standard InChI is InChI=1S/C24H22BrClN4O2S/c1-32-21(31)11-9-19-23-28-29-24(33-13-14-6-7-14)30(23)20-10-8-15(25)12-17(20)22(27-19)16-4-2-3-5-18(16)26/h2-5,8,10,12,14,19H,6-7,9,11,13H2,1H3/t19-/m0/s1. The van der Waals surface area contributed by atoms with Crippen molar-refractivity contribution in [3.05, 3.63) is 68.9 Å². The number of esters is 1. The Bertz CT molecular complexity index is 1240. The van der Waals surface area contributed by atoms with Gasteiger partial charge in [-0.15, -0.1) is 10.2 Å². The molecule has 0 spiro atoms. The Morgan fingerprint density at radius 3 is 2.79 bits per heavy atom. The number of thioether (sulfide) groups is 1. The zero-order valence-electron chi connectivity index (χ0n) is 18.0. The highest BCUT2D eigenvalue weighted by Crippen LogP contribution is 2.39. The first-order valence-corrected chi connectivity index (χ1v) is 13.0. The molecule has 3 aromatic rings. The van der Waals surface area contributed by atoms with Gasteiger partial charge in [0.2, 0.25) is 0 Å². The summed E-state index contributed by atoms with van der Waals surface area (Å²) in [5.74, 6) is 2.23. The highest BCUT2D eigenvalue weighted by molar-refractivity contribution is 9.10. The molecule has 1 aliphatic heterocycles. The lowest BCUT2D eigenvalue weighted by atomic mass is 10.00. The van der Waals surface area contributed by atoms with Gasteiger partial charge in [-0.25, -0.2) is 0 Å². The van der Waals surface area contributed by atoms with Crippen LogP contribution in [0.3, 0.4) is 0 Å². The van der Waals surface area contributed by atoms with Crippen molar-refractivity contribution in [1.29, 1.82) is 0 Å². The van der Waals surface area contributed by atoms with Gasteiger partial charge in [0.05, 0.1) is 18.5 Å². The van der Waals surface area contributed by atoms with Crippen LogP contribution in [0.15, 0.2) is 57.1 Å². The molecule has 170 valence electrons. The maximum absolute atomic E-state index is 12.0. The number of rotatable bonds is 7. The average Bonchev–Trinajstić information content (AvgIpc) is 3.58. The zero-order chi connectivity index (χ0) is 22.9. The van der Waals surface area contributed by atoms with Crippen LogP contribution in [0, 0.1) is 5.92 Å². The first-order chi connectivity index (χ1) is 16.0. The molecule has 1 atom stereocenters. The summed E-state index contributed by atoms with van der Waals surface area (Å²) in [6.45, 7) is 0. The predicted molar refractivity (Wildman–Crippen MR) is 134 cm³/mol. The number of carbonyl (C=O) groups is 1. The van der Waals surface area contributed by atoms with Crippen molar-refractivity contribution in [1.82, 2.24) is 14.8 Å². The summed E-state index contributed by atoms with van der Waals surface area (Å²) in [5, 5.41) is 10.6. The Morgan fingerprint density at radius 2 is 2.03 bits per heavy atom. The molecule has 5 rings (SSSR count). The Balaban J connectivity index is 1.68. The van der Waals surface area contributed by atoms with Gasteiger partial charge < -0.3 is 4.74 Å². The van der Waals surface area contributed by atoms with E-state index in [1.54, 1.807) is 11.8 Å². The van der Waals surface area contributed by atoms with Crippen molar-refractivity contribution in [2.75, 3.05) is 12.9 Å². The maximum atomic E-state index is 12.0. The SMILES string of the molecule is COC(=O)CC[C@@H]1N=C(c2ccccc2Cl)c2cc(Br)ccc2-n2c(SCC3CC3)nnc21. The van der Waals surface area contributed by atoms with Crippen molar-refractivity contribution in [2.45, 2.75) is 36.9 Å². The number of nitrogens with zero attached hydrogens (tertiary/aromatic N) is 4. The van der Waals surface area contributed by atoms with Crippen molar-refractivity contribution >= 4 is 51.0 Å². The molecule has 0 N–H and O–H groups in total. The highest BCUT2D eigenvalue weighted by atomic mass is 79.9. The van der Waals surface area contributed by atoms with Crippen LogP contribution in [0.5, 0.6) is 0 Å². The van der Waals surface area contributed by atoms with Crippen molar-refractivity contribution in [3.63, 3.8) is 0 Å². The number of ether oxygens (including phenoxy) is 1. The molecule has 1 fully saturated rings. The van der Waals surface area contributed by atoms with Crippen LogP contribution in [-0.4, -0.2) is 39.3 Å². The van der Waals surface area contributed by atoms with Gasteiger partial charge in [-0.1, -0.05) is 57.5 Å². The number of aliphatic imine (C=N–C) groups is 1. The molecule has 0 radical (unpaired) electrons. The zero-order valence-corrected chi connectivity index (χ0v) is 21.2. The first kappa shape index (κ1) is 22.6. The lowest BCUT2D eigenvalue weighted by Gasteiger charge is -2.14. The van der Waals surface area contributed by atoms with Crippen LogP contribution in [0.4, 0.5) is 0 Å². The summed E-state index contributed by atoms with van der Waals surface area (Å²) in [4.78, 5) is 17.1. The summed E-state index contributed by atoms with van der Waals surface area (Å²) >= 11 is 12.0. The summed E-state index contributed by atoms with van der Waals surface area (Å²) in [7, 11) is 1.40. The van der Waals surface area contributed by atoms with Gasteiger partial charge in [-0.2, -0.15) is 0 Å². The van der Waals surface area contributed by atoms with Gasteiger partial charge in [0.1, 0.15) is 6.04 Å². The highest BCUT2D eigenvalue weighted by Gasteiger charge is 2.31. The molecule has 0 saturated heterocycles. The molecule has 0 amide bonds. The lowest BCUT2D eigenvalue weighted by molar-refractivity contribution is -0.140. The van der Waals surface area contributed by atoms with E-state index in [0.29, 0.717) is 11.4 Å². The van der Waals surface area contributed by atoms with Crippen LogP contribution in [0.1, 0.15) is 48.7 Å². The molecule has 9 heteroatoms. The molecule has 2 aliphatic rings. The van der Waals surface area contributed by atoms with Crippen molar-refractivity contribution in [2.24, 2.45) is 10.9 Å². The number of benzene rings is 2. The molecule has 6 nitrogen and oxygen atoms in total. The minimum atomic E-state index is -0.371. The molecule has 1 aliphatic carbocycles. The molecule has 2 heterocycles. The minimum absolute atomic E-state index is 0.234. The smallest absolute Gasteiger partial charge is 0.305 e. The number of hydrogen-bond donors (Lipinski definition) is 0. The summed E-state index contributed by atoms with van der Waals surface area (Å²) in [5.41, 5.74) is 3.51. The van der Waals surface area contributed by atoms with E-state index < -0.39 is 0 Å². The molecule has 2 aromatic carbocycles. The topological polar surface area (TPSA) is 69.4 Å². The van der Waals surface area contributed by atoms with E-state index in [-0.39, 0.29) is 18.4 Å². The summed E-state index contributed by atoms with van der Waals surface area (Å²) in [6.07, 6.45) is 3.25. The van der Waals surface area contributed by atoms with E-state index in [2.05, 4.69) is 42.8 Å². The third-order valence-corrected chi connectivity index (χ3v) is 7.80. The molecule has 33 heavy (non-hydrogen) atoms. The first-order valence-electron chi connectivity index (χ1n) is 10.8. The van der Waals surface area contributed by atoms with Gasteiger partial charge in [0, 0.05) is 32.8 Å². The molecule has 0 unspecified atom stereocenters. The predicted octanol–water partition coefficient (Wildman–Crippen LogP) is 6.03. The fourth-order valence-corrected chi connectivity index (χ4v) is 5.61. The Morgan fingerprint density at radius 1 is 1.21 bits per heavy atom. The maximum Gasteiger partial charge on any atom is 0.305 e. The number of aromatic nitrogens is 3. The van der Waals surface area contributed by atoms with E-state index in [9.17, 15) is 4.79 Å². The number of fused-ring (bicyclic) bond motifs is 3. The van der Waals surface area contributed by atoms with Crippen LogP contribution < -0.4 is 0 Å². The Labute approximate surface area is 209 Å². The molecular formula is C24H22BrClN4O2S. The summed E-state index contributed by atoms with van der Waals surface area (Å²) < 4.78 is 7.93. The van der Waals surface area contributed by atoms with Crippen LogP contribution in [0.2, 0.25) is 5.02 Å². The Hall–Kier alpha value is -2.16. The molecular weight excluding hydrogens is 524 g/mol. The second kappa shape index (κ2) is 9.60. The Kier molecular flexibility index (Phi) is 6.58. The van der Waals surface area contributed by atoms with E-state index >= 15 is 0 Å². The number of carbonyl (C=O) groups excluding carboxylic acids is 1. The van der Waals surface area contributed by atoms with Gasteiger partial charge in [-0.05, 0) is 49.4 Å². The van der Waals surface area contributed by atoms with Gasteiger partial charge in [-0.3, -0.25) is 14.4 Å². The van der Waals surface area contributed by atoms with E-state index in [0.717, 1.165) is 49.7 Å². The molecule has 1 aromatic heterocycles. The second-order valence-corrected chi connectivity index (χ2v) is 10.5. The van der Waals surface area contributed by atoms with E-state index in [1.165, 1.54) is 20.0 Å². The van der Waals surface area contributed by atoms with Crippen LogP contribution in [0.25, 0.3) is 5.69 Å². The van der Waals surface area contributed by atoms with E-state index in [4.69, 9.17) is 21.3 Å². The molecule has 0 bridgehead atoms. The average molecular weight is 546 g/mol. The number of halogens is 2. The third kappa shape index (κ3) is 4.74. The normalized spacial score (nSPS) is 17.1.